The fraction of sp³-hybridized carbons (Fsp3) is 0.263. The van der Waals surface area contributed by atoms with Gasteiger partial charge < -0.3 is 16.2 Å². The fourth-order valence-electron chi connectivity index (χ4n) is 2.06. The van der Waals surface area contributed by atoms with Crippen LogP contribution in [0.25, 0.3) is 0 Å². The molecule has 1 amide bonds. The quantitative estimate of drug-likeness (QED) is 0.681. The molecule has 2 rings (SSSR count). The molecule has 0 aromatic heterocycles. The molecule has 5 nitrogen and oxygen atoms in total. The summed E-state index contributed by atoms with van der Waals surface area (Å²) in [6, 6.07) is 14.9. The Hall–Kier alpha value is -2.58. The summed E-state index contributed by atoms with van der Waals surface area (Å²) in [7, 11) is 0. The largest absolute Gasteiger partial charge is 0.490 e. The number of carboxylic acid groups (broad SMARTS) is 1. The van der Waals surface area contributed by atoms with Crippen molar-refractivity contribution in [3.05, 3.63) is 64.7 Å². The zero-order valence-electron chi connectivity index (χ0n) is 15.0. The molecule has 0 heterocycles. The van der Waals surface area contributed by atoms with E-state index in [0.29, 0.717) is 11.4 Å². The van der Waals surface area contributed by atoms with E-state index in [0.717, 1.165) is 17.7 Å². The van der Waals surface area contributed by atoms with E-state index >= 15 is 0 Å². The first kappa shape index (κ1) is 23.5. The number of benzene rings is 2. The molecule has 0 aliphatic rings. The van der Waals surface area contributed by atoms with Gasteiger partial charge in [0.2, 0.25) is 5.91 Å². The van der Waals surface area contributed by atoms with E-state index in [9.17, 15) is 18.0 Å². The minimum atomic E-state index is -5.08. The van der Waals surface area contributed by atoms with Crippen LogP contribution in [0.1, 0.15) is 17.5 Å². The van der Waals surface area contributed by atoms with Gasteiger partial charge in [-0.1, -0.05) is 41.9 Å². The number of carbonyl (C=O) groups excluding carboxylic acids is 1. The van der Waals surface area contributed by atoms with Gasteiger partial charge in [0.05, 0.1) is 6.04 Å². The van der Waals surface area contributed by atoms with E-state index in [4.69, 9.17) is 27.2 Å². The molecule has 28 heavy (non-hydrogen) atoms. The van der Waals surface area contributed by atoms with Crippen LogP contribution in [-0.2, 0) is 16.0 Å². The van der Waals surface area contributed by atoms with Crippen LogP contribution >= 0.6 is 11.6 Å². The lowest BCUT2D eigenvalue weighted by atomic mass is 10.1. The van der Waals surface area contributed by atoms with Gasteiger partial charge in [0, 0.05) is 10.7 Å². The zero-order valence-corrected chi connectivity index (χ0v) is 15.7. The van der Waals surface area contributed by atoms with E-state index in [1.54, 1.807) is 12.1 Å². The minimum absolute atomic E-state index is 0.173. The van der Waals surface area contributed by atoms with Crippen molar-refractivity contribution in [2.75, 3.05) is 5.32 Å². The third kappa shape index (κ3) is 8.41. The number of carbonyl (C=O) groups is 2. The molecule has 0 bridgehead atoms. The normalized spacial score (nSPS) is 11.8. The monoisotopic (exact) mass is 416 g/mol. The summed E-state index contributed by atoms with van der Waals surface area (Å²) in [4.78, 5) is 21.0. The molecule has 0 aliphatic heterocycles. The molecule has 0 saturated heterocycles. The van der Waals surface area contributed by atoms with E-state index in [-0.39, 0.29) is 5.91 Å². The van der Waals surface area contributed by atoms with Gasteiger partial charge in [-0.05, 0) is 49.1 Å². The third-order valence-corrected chi connectivity index (χ3v) is 4.02. The zero-order chi connectivity index (χ0) is 21.3. The first-order chi connectivity index (χ1) is 13.0. The molecule has 4 N–H and O–H groups in total. The summed E-state index contributed by atoms with van der Waals surface area (Å²) < 4.78 is 31.7. The molecule has 0 radical (unpaired) electrons. The Morgan fingerprint density at radius 2 is 1.75 bits per heavy atom. The van der Waals surface area contributed by atoms with Crippen LogP contribution in [-0.4, -0.2) is 29.2 Å². The summed E-state index contributed by atoms with van der Waals surface area (Å²) in [5, 5.41) is 10.6. The molecule has 9 heteroatoms. The molecule has 152 valence electrons. The molecule has 0 aliphatic carbocycles. The predicted molar refractivity (Wildman–Crippen MR) is 101 cm³/mol. The van der Waals surface area contributed by atoms with Crippen molar-refractivity contribution in [1.29, 1.82) is 0 Å². The molecule has 0 fully saturated rings. The molecule has 0 saturated carbocycles. The van der Waals surface area contributed by atoms with Gasteiger partial charge >= 0.3 is 12.1 Å². The number of anilines is 1. The van der Waals surface area contributed by atoms with Crippen molar-refractivity contribution in [2.24, 2.45) is 5.73 Å². The third-order valence-electron chi connectivity index (χ3n) is 3.59. The fourth-order valence-corrected chi connectivity index (χ4v) is 2.17. The summed E-state index contributed by atoms with van der Waals surface area (Å²) in [5.41, 5.74) is 8.77. The highest BCUT2D eigenvalue weighted by molar-refractivity contribution is 6.31. The number of amides is 1. The summed E-state index contributed by atoms with van der Waals surface area (Å²) in [6.45, 7) is 1.90. The second-order valence-corrected chi connectivity index (χ2v) is 6.29. The highest BCUT2D eigenvalue weighted by Gasteiger charge is 2.38. The number of carboxylic acids is 1. The summed E-state index contributed by atoms with van der Waals surface area (Å²) in [6.07, 6.45) is -3.68. The number of aliphatic carboxylic acids is 1. The molecule has 2 aromatic carbocycles. The van der Waals surface area contributed by atoms with E-state index in [1.165, 1.54) is 5.56 Å². The van der Waals surface area contributed by atoms with E-state index in [1.807, 2.05) is 43.3 Å². The number of alkyl halides is 3. The second kappa shape index (κ2) is 10.7. The van der Waals surface area contributed by atoms with Crippen LogP contribution in [0.2, 0.25) is 5.02 Å². The first-order valence-electron chi connectivity index (χ1n) is 8.17. The summed E-state index contributed by atoms with van der Waals surface area (Å²) in [5.74, 6) is -2.93. The lowest BCUT2D eigenvalue weighted by Crippen LogP contribution is -2.36. The Labute approximate surface area is 165 Å². The van der Waals surface area contributed by atoms with Gasteiger partial charge in [-0.2, -0.15) is 13.2 Å². The number of aryl methyl sites for hydroxylation is 2. The molecular formula is C19H20ClF3N2O3. The lowest BCUT2D eigenvalue weighted by molar-refractivity contribution is -0.192. The Balaban J connectivity index is 0.000000480. The van der Waals surface area contributed by atoms with Gasteiger partial charge in [-0.3, -0.25) is 4.79 Å². The Morgan fingerprint density at radius 3 is 2.25 bits per heavy atom. The molecule has 0 unspecified atom stereocenters. The molecule has 2 aromatic rings. The SMILES string of the molecule is Cc1cc(NC(=O)[C@H](N)CCc2ccccc2)ccc1Cl.O=C(O)C(F)(F)F. The Kier molecular flexibility index (Phi) is 8.94. The van der Waals surface area contributed by atoms with Crippen LogP contribution in [0.5, 0.6) is 0 Å². The lowest BCUT2D eigenvalue weighted by Gasteiger charge is -2.13. The Bertz CT molecular complexity index is 799. The maximum atomic E-state index is 12.1. The molecule has 1 atom stereocenters. The van der Waals surface area contributed by atoms with Gasteiger partial charge in [0.1, 0.15) is 0 Å². The topological polar surface area (TPSA) is 92.4 Å². The Morgan fingerprint density at radius 1 is 1.18 bits per heavy atom. The summed E-state index contributed by atoms with van der Waals surface area (Å²) >= 11 is 5.96. The van der Waals surface area contributed by atoms with Gasteiger partial charge in [-0.15, -0.1) is 0 Å². The van der Waals surface area contributed by atoms with Crippen molar-refractivity contribution in [2.45, 2.75) is 32.0 Å². The number of halogens is 4. The number of hydrogen-bond acceptors (Lipinski definition) is 3. The first-order valence-corrected chi connectivity index (χ1v) is 8.55. The number of rotatable bonds is 5. The van der Waals surface area contributed by atoms with Gasteiger partial charge in [0.15, 0.2) is 0 Å². The van der Waals surface area contributed by atoms with Crippen LogP contribution < -0.4 is 11.1 Å². The molecular weight excluding hydrogens is 397 g/mol. The predicted octanol–water partition coefficient (Wildman–Crippen LogP) is 4.18. The maximum Gasteiger partial charge on any atom is 0.490 e. The van der Waals surface area contributed by atoms with Gasteiger partial charge in [-0.25, -0.2) is 4.79 Å². The van der Waals surface area contributed by atoms with Crippen LogP contribution in [0.3, 0.4) is 0 Å². The van der Waals surface area contributed by atoms with E-state index in [2.05, 4.69) is 5.32 Å². The average Bonchev–Trinajstić information content (AvgIpc) is 2.63. The van der Waals surface area contributed by atoms with E-state index < -0.39 is 18.2 Å². The van der Waals surface area contributed by atoms with Crippen molar-refractivity contribution < 1.29 is 27.9 Å². The minimum Gasteiger partial charge on any atom is -0.475 e. The standard InChI is InChI=1S/C17H19ClN2O.C2HF3O2/c1-12-11-14(8-9-15(12)18)20-17(21)16(19)10-7-13-5-3-2-4-6-13;3-2(4,5)1(6)7/h2-6,8-9,11,16H,7,10,19H2,1H3,(H,20,21);(H,6,7)/t16-;/m1./s1. The van der Waals surface area contributed by atoms with Crippen LogP contribution in [0.4, 0.5) is 18.9 Å². The number of nitrogens with two attached hydrogens (primary N) is 1. The maximum absolute atomic E-state index is 12.1. The molecule has 0 spiro atoms. The highest BCUT2D eigenvalue weighted by Crippen LogP contribution is 2.19. The van der Waals surface area contributed by atoms with Crippen molar-refractivity contribution in [1.82, 2.24) is 0 Å². The van der Waals surface area contributed by atoms with Crippen LogP contribution in [0, 0.1) is 6.92 Å². The van der Waals surface area contributed by atoms with Gasteiger partial charge in [0.25, 0.3) is 0 Å². The number of hydrogen-bond donors (Lipinski definition) is 3. The van der Waals surface area contributed by atoms with Crippen LogP contribution in [0.15, 0.2) is 48.5 Å². The second-order valence-electron chi connectivity index (χ2n) is 5.89. The average molecular weight is 417 g/mol. The highest BCUT2D eigenvalue weighted by atomic mass is 35.5. The number of nitrogens with one attached hydrogen (secondary N) is 1. The van der Waals surface area contributed by atoms with Crippen molar-refractivity contribution in [3.63, 3.8) is 0 Å². The van der Waals surface area contributed by atoms with Crippen molar-refractivity contribution >= 4 is 29.2 Å². The van der Waals surface area contributed by atoms with Crippen molar-refractivity contribution in [3.8, 4) is 0 Å². The smallest absolute Gasteiger partial charge is 0.475 e.